The fraction of sp³-hybridized carbons (Fsp3) is 0.143. The van der Waals surface area contributed by atoms with E-state index in [9.17, 15) is 9.90 Å². The van der Waals surface area contributed by atoms with Gasteiger partial charge in [0, 0.05) is 6.07 Å². The van der Waals surface area contributed by atoms with Gasteiger partial charge in [-0.2, -0.15) is 0 Å². The summed E-state index contributed by atoms with van der Waals surface area (Å²) in [6, 6.07) is 19.2. The van der Waals surface area contributed by atoms with Gasteiger partial charge in [-0.05, 0) is 48.1 Å². The number of carbonyl (C=O) groups is 1. The third-order valence-electron chi connectivity index (χ3n) is 4.03. The third kappa shape index (κ3) is 6.14. The minimum atomic E-state index is -0.958. The van der Waals surface area contributed by atoms with Gasteiger partial charge in [0.05, 0.1) is 19.6 Å². The minimum absolute atomic E-state index is 0.162. The highest BCUT2D eigenvalue weighted by molar-refractivity contribution is 7.80. The van der Waals surface area contributed by atoms with Gasteiger partial charge in [-0.15, -0.1) is 10.2 Å². The number of benzene rings is 2. The Hall–Kier alpha value is -3.72. The summed E-state index contributed by atoms with van der Waals surface area (Å²) < 4.78 is 10.8. The lowest BCUT2D eigenvalue weighted by atomic mass is 10.0. The first-order valence-electron chi connectivity index (χ1n) is 9.03. The van der Waals surface area contributed by atoms with Crippen molar-refractivity contribution < 1.29 is 19.4 Å². The number of nitrogens with zero attached hydrogens (tertiary/aromatic N) is 2. The molecular weight excluding hydrogens is 404 g/mol. The van der Waals surface area contributed by atoms with E-state index in [0.29, 0.717) is 23.2 Å². The predicted molar refractivity (Wildman–Crippen MR) is 116 cm³/mol. The number of hydrogen-bond acceptors (Lipinski definition) is 6. The van der Waals surface area contributed by atoms with Gasteiger partial charge in [-0.25, -0.2) is 0 Å². The number of methoxy groups -OCH3 is 1. The first-order valence-corrected chi connectivity index (χ1v) is 9.44. The van der Waals surface area contributed by atoms with Crippen LogP contribution in [0.15, 0.2) is 66.7 Å². The van der Waals surface area contributed by atoms with Crippen molar-refractivity contribution in [2.45, 2.75) is 12.5 Å². The summed E-state index contributed by atoms with van der Waals surface area (Å²) in [5.74, 6) is 1.06. The minimum Gasteiger partial charge on any atom is -0.497 e. The average Bonchev–Trinajstić information content (AvgIpc) is 2.75. The Morgan fingerprint density at radius 3 is 2.50 bits per heavy atom. The van der Waals surface area contributed by atoms with Crippen molar-refractivity contribution in [2.75, 3.05) is 12.4 Å². The number of rotatable bonds is 8. The van der Waals surface area contributed by atoms with Crippen molar-refractivity contribution in [3.63, 3.8) is 0 Å². The highest BCUT2D eigenvalue weighted by Crippen LogP contribution is 2.22. The lowest BCUT2D eigenvalue weighted by Crippen LogP contribution is -2.33. The third-order valence-corrected chi connectivity index (χ3v) is 4.25. The van der Waals surface area contributed by atoms with E-state index < -0.39 is 12.0 Å². The van der Waals surface area contributed by atoms with Crippen LogP contribution in [0.2, 0.25) is 0 Å². The molecule has 3 N–H and O–H groups in total. The molecule has 0 aliphatic rings. The number of carboxylic acids is 1. The Morgan fingerprint density at radius 2 is 1.83 bits per heavy atom. The van der Waals surface area contributed by atoms with E-state index in [1.807, 2.05) is 30.3 Å². The molecule has 0 bridgehead atoms. The second-order valence-corrected chi connectivity index (χ2v) is 6.61. The van der Waals surface area contributed by atoms with E-state index in [0.717, 1.165) is 5.56 Å². The van der Waals surface area contributed by atoms with Crippen LogP contribution in [-0.2, 0) is 4.79 Å². The number of aromatic nitrogens is 2. The van der Waals surface area contributed by atoms with Gasteiger partial charge in [0.2, 0.25) is 5.88 Å². The fourth-order valence-electron chi connectivity index (χ4n) is 2.65. The van der Waals surface area contributed by atoms with Crippen molar-refractivity contribution in [2.24, 2.45) is 0 Å². The summed E-state index contributed by atoms with van der Waals surface area (Å²) in [5.41, 5.74) is 0.735. The molecule has 1 atom stereocenters. The molecule has 0 radical (unpaired) electrons. The Kier molecular flexibility index (Phi) is 7.12. The summed E-state index contributed by atoms with van der Waals surface area (Å²) in [5, 5.41) is 23.4. The highest BCUT2D eigenvalue weighted by atomic mass is 32.1. The van der Waals surface area contributed by atoms with Gasteiger partial charge in [0.15, 0.2) is 10.9 Å². The summed E-state index contributed by atoms with van der Waals surface area (Å²) >= 11 is 5.32. The fourth-order valence-corrected chi connectivity index (χ4v) is 2.89. The first-order chi connectivity index (χ1) is 14.5. The maximum atomic E-state index is 11.3. The molecule has 0 aliphatic carbocycles. The summed E-state index contributed by atoms with van der Waals surface area (Å²) in [7, 11) is 1.55. The largest absolute Gasteiger partial charge is 0.497 e. The summed E-state index contributed by atoms with van der Waals surface area (Å²) in [4.78, 5) is 11.3. The number of para-hydroxylation sites is 1. The van der Waals surface area contributed by atoms with Gasteiger partial charge >= 0.3 is 5.97 Å². The summed E-state index contributed by atoms with van der Waals surface area (Å²) in [6.07, 6.45) is -0.162. The number of ether oxygens (including phenoxy) is 2. The smallest absolute Gasteiger partial charge is 0.305 e. The van der Waals surface area contributed by atoms with E-state index in [2.05, 4.69) is 20.8 Å². The van der Waals surface area contributed by atoms with Crippen LogP contribution in [0.5, 0.6) is 17.4 Å². The first kappa shape index (κ1) is 21.0. The molecule has 2 aromatic carbocycles. The lowest BCUT2D eigenvalue weighted by Gasteiger charge is -2.20. The van der Waals surface area contributed by atoms with Gasteiger partial charge in [-0.3, -0.25) is 4.79 Å². The van der Waals surface area contributed by atoms with E-state index >= 15 is 0 Å². The molecule has 0 amide bonds. The second kappa shape index (κ2) is 10.2. The molecule has 3 rings (SSSR count). The number of aliphatic carboxylic acids is 1. The number of carboxylic acid groups (broad SMARTS) is 1. The molecule has 0 saturated heterocycles. The van der Waals surface area contributed by atoms with Crippen LogP contribution in [0.1, 0.15) is 18.0 Å². The van der Waals surface area contributed by atoms with Crippen molar-refractivity contribution in [1.82, 2.24) is 15.5 Å². The number of thiocarbonyl (C=S) groups is 1. The predicted octanol–water partition coefficient (Wildman–Crippen LogP) is 3.78. The molecule has 3 aromatic rings. The molecule has 30 heavy (non-hydrogen) atoms. The van der Waals surface area contributed by atoms with Crippen LogP contribution >= 0.6 is 12.2 Å². The number of nitrogens with one attached hydrogen (secondary N) is 2. The Bertz CT molecular complexity index is 999. The van der Waals surface area contributed by atoms with Crippen molar-refractivity contribution in [1.29, 1.82) is 0 Å². The molecule has 154 valence electrons. The average molecular weight is 424 g/mol. The maximum Gasteiger partial charge on any atom is 0.305 e. The van der Waals surface area contributed by atoms with E-state index in [-0.39, 0.29) is 11.5 Å². The molecule has 9 heteroatoms. The molecule has 8 nitrogen and oxygen atoms in total. The Labute approximate surface area is 178 Å². The topological polar surface area (TPSA) is 106 Å². The van der Waals surface area contributed by atoms with Gasteiger partial charge < -0.3 is 25.2 Å². The Balaban J connectivity index is 1.63. The number of anilines is 1. The molecule has 1 aromatic heterocycles. The van der Waals surface area contributed by atoms with Crippen molar-refractivity contribution in [3.8, 4) is 17.4 Å². The zero-order valence-corrected chi connectivity index (χ0v) is 16.9. The van der Waals surface area contributed by atoms with Gasteiger partial charge in [0.25, 0.3) is 0 Å². The normalized spacial score (nSPS) is 11.2. The molecule has 0 fully saturated rings. The molecular formula is C21H20N4O4S. The molecule has 1 heterocycles. The van der Waals surface area contributed by atoms with Crippen molar-refractivity contribution in [3.05, 3.63) is 72.3 Å². The zero-order chi connectivity index (χ0) is 21.3. The maximum absolute atomic E-state index is 11.3. The molecule has 0 spiro atoms. The Morgan fingerprint density at radius 1 is 1.07 bits per heavy atom. The van der Waals surface area contributed by atoms with Crippen molar-refractivity contribution >= 4 is 29.1 Å². The molecule has 0 aliphatic heterocycles. The van der Waals surface area contributed by atoms with Crippen LogP contribution in [0.25, 0.3) is 0 Å². The zero-order valence-electron chi connectivity index (χ0n) is 16.1. The van der Waals surface area contributed by atoms with Crippen LogP contribution in [0.4, 0.5) is 5.82 Å². The van der Waals surface area contributed by atoms with Crippen LogP contribution in [0, 0.1) is 0 Å². The van der Waals surface area contributed by atoms with Crippen LogP contribution < -0.4 is 20.1 Å². The quantitative estimate of drug-likeness (QED) is 0.466. The lowest BCUT2D eigenvalue weighted by molar-refractivity contribution is -0.137. The van der Waals surface area contributed by atoms with Crippen LogP contribution in [0.3, 0.4) is 0 Å². The monoisotopic (exact) mass is 424 g/mol. The molecule has 0 saturated carbocycles. The van der Waals surface area contributed by atoms with E-state index in [1.165, 1.54) is 0 Å². The van der Waals surface area contributed by atoms with E-state index in [4.69, 9.17) is 21.7 Å². The standard InChI is InChI=1S/C21H20N4O4S/c1-28-16-9-5-6-14(12-16)17(13-20(26)27)22-21(30)23-18-10-11-19(25-24-18)29-15-7-3-2-4-8-15/h2-12,17H,13H2,1H3,(H,26,27)(H2,22,23,24,30)/t17-/m0/s1. The van der Waals surface area contributed by atoms with Gasteiger partial charge in [-0.1, -0.05) is 30.3 Å². The second-order valence-electron chi connectivity index (χ2n) is 6.20. The number of hydrogen-bond donors (Lipinski definition) is 3. The van der Waals surface area contributed by atoms with Gasteiger partial charge in [0.1, 0.15) is 11.5 Å². The summed E-state index contributed by atoms with van der Waals surface area (Å²) in [6.45, 7) is 0. The van der Waals surface area contributed by atoms with E-state index in [1.54, 1.807) is 43.5 Å². The van der Waals surface area contributed by atoms with Crippen LogP contribution in [-0.4, -0.2) is 33.5 Å². The SMILES string of the molecule is COc1cccc([C@H](CC(=O)O)NC(=S)Nc2ccc(Oc3ccccc3)nn2)c1. The molecule has 0 unspecified atom stereocenters. The highest BCUT2D eigenvalue weighted by Gasteiger charge is 2.17.